The maximum Gasteiger partial charge on any atom is 0.233 e. The summed E-state index contributed by atoms with van der Waals surface area (Å²) in [6, 6.07) is 6.70. The van der Waals surface area contributed by atoms with Gasteiger partial charge < -0.3 is 4.90 Å². The topological polar surface area (TPSA) is 20.3 Å². The summed E-state index contributed by atoms with van der Waals surface area (Å²) in [5, 5.41) is 0. The second-order valence-corrected chi connectivity index (χ2v) is 5.06. The molecule has 3 heteroatoms. The van der Waals surface area contributed by atoms with Crippen molar-refractivity contribution in [2.24, 2.45) is 0 Å². The molecule has 17 heavy (non-hydrogen) atoms. The first kappa shape index (κ1) is 10.8. The summed E-state index contributed by atoms with van der Waals surface area (Å²) in [7, 11) is 0. The Balaban J connectivity index is 1.91. The maximum absolute atomic E-state index is 13.8. The van der Waals surface area contributed by atoms with Gasteiger partial charge in [-0.3, -0.25) is 4.79 Å². The Morgan fingerprint density at radius 1 is 1.18 bits per heavy atom. The minimum atomic E-state index is -0.532. The second kappa shape index (κ2) is 3.83. The van der Waals surface area contributed by atoms with Crippen LogP contribution in [0.5, 0.6) is 0 Å². The molecule has 1 amide bonds. The number of likely N-dealkylation sites (tertiary alicyclic amines) is 1. The summed E-state index contributed by atoms with van der Waals surface area (Å²) in [6.07, 6.45) is 3.75. The maximum atomic E-state index is 13.8. The number of nitrogens with zero attached hydrogens (tertiary/aromatic N) is 1. The van der Waals surface area contributed by atoms with Gasteiger partial charge in [-0.2, -0.15) is 0 Å². The van der Waals surface area contributed by atoms with E-state index in [4.69, 9.17) is 0 Å². The van der Waals surface area contributed by atoms with Gasteiger partial charge in [0.1, 0.15) is 5.82 Å². The standard InChI is InChI=1S/C14H16FNO/c15-12-6-2-1-5-11(12)14(7-8-14)13(17)16-9-3-4-10-16/h1-2,5-6H,3-4,7-10H2. The normalized spacial score (nSPS) is 21.6. The lowest BCUT2D eigenvalue weighted by atomic mass is 9.94. The van der Waals surface area contributed by atoms with Gasteiger partial charge in [0.05, 0.1) is 5.41 Å². The molecule has 1 saturated carbocycles. The van der Waals surface area contributed by atoms with E-state index in [1.165, 1.54) is 6.07 Å². The molecule has 0 aromatic heterocycles. The zero-order valence-corrected chi connectivity index (χ0v) is 9.79. The minimum Gasteiger partial charge on any atom is -0.342 e. The fourth-order valence-electron chi connectivity index (χ4n) is 2.80. The molecule has 1 heterocycles. The number of carbonyl (C=O) groups is 1. The van der Waals surface area contributed by atoms with Crippen LogP contribution < -0.4 is 0 Å². The van der Waals surface area contributed by atoms with E-state index < -0.39 is 5.41 Å². The Morgan fingerprint density at radius 2 is 1.82 bits per heavy atom. The number of amides is 1. The lowest BCUT2D eigenvalue weighted by Crippen LogP contribution is -2.37. The van der Waals surface area contributed by atoms with E-state index in [0.717, 1.165) is 38.8 Å². The molecule has 0 N–H and O–H groups in total. The average molecular weight is 233 g/mol. The van der Waals surface area contributed by atoms with E-state index in [0.29, 0.717) is 5.56 Å². The lowest BCUT2D eigenvalue weighted by Gasteiger charge is -2.23. The quantitative estimate of drug-likeness (QED) is 0.768. The van der Waals surface area contributed by atoms with Crippen LogP contribution in [-0.4, -0.2) is 23.9 Å². The molecular weight excluding hydrogens is 217 g/mol. The molecule has 90 valence electrons. The number of rotatable bonds is 2. The van der Waals surface area contributed by atoms with Crippen molar-refractivity contribution in [2.75, 3.05) is 13.1 Å². The number of benzene rings is 1. The predicted molar refractivity (Wildman–Crippen MR) is 63.1 cm³/mol. The van der Waals surface area contributed by atoms with Crippen LogP contribution in [0.3, 0.4) is 0 Å². The molecule has 3 rings (SSSR count). The molecule has 0 spiro atoms. The summed E-state index contributed by atoms with van der Waals surface area (Å²) in [5.41, 5.74) is 0.0623. The fourth-order valence-corrected chi connectivity index (χ4v) is 2.80. The Kier molecular flexibility index (Phi) is 2.42. The van der Waals surface area contributed by atoms with Crippen LogP contribution in [0.4, 0.5) is 4.39 Å². The van der Waals surface area contributed by atoms with Crippen LogP contribution >= 0.6 is 0 Å². The summed E-state index contributed by atoms with van der Waals surface area (Å²) >= 11 is 0. The first-order valence-electron chi connectivity index (χ1n) is 6.28. The third-order valence-corrected chi connectivity index (χ3v) is 3.94. The number of hydrogen-bond acceptors (Lipinski definition) is 1. The zero-order chi connectivity index (χ0) is 11.9. The molecule has 2 fully saturated rings. The fraction of sp³-hybridized carbons (Fsp3) is 0.500. The van der Waals surface area contributed by atoms with Crippen LogP contribution in [0, 0.1) is 5.82 Å². The SMILES string of the molecule is O=C(N1CCCC1)C1(c2ccccc2F)CC1. The van der Waals surface area contributed by atoms with Crippen molar-refractivity contribution in [3.8, 4) is 0 Å². The molecule has 1 saturated heterocycles. The van der Waals surface area contributed by atoms with Crippen molar-refractivity contribution in [2.45, 2.75) is 31.1 Å². The number of carbonyl (C=O) groups excluding carboxylic acids is 1. The van der Waals surface area contributed by atoms with E-state index in [2.05, 4.69) is 0 Å². The molecule has 1 aromatic rings. The predicted octanol–water partition coefficient (Wildman–Crippen LogP) is 2.48. The van der Waals surface area contributed by atoms with Crippen molar-refractivity contribution >= 4 is 5.91 Å². The Morgan fingerprint density at radius 3 is 2.41 bits per heavy atom. The zero-order valence-electron chi connectivity index (χ0n) is 9.79. The van der Waals surface area contributed by atoms with Gasteiger partial charge in [-0.25, -0.2) is 4.39 Å². The number of halogens is 1. The van der Waals surface area contributed by atoms with Gasteiger partial charge in [-0.05, 0) is 31.7 Å². The van der Waals surface area contributed by atoms with Crippen LogP contribution in [0.15, 0.2) is 24.3 Å². The smallest absolute Gasteiger partial charge is 0.233 e. The highest BCUT2D eigenvalue weighted by Crippen LogP contribution is 2.50. The second-order valence-electron chi connectivity index (χ2n) is 5.06. The van der Waals surface area contributed by atoms with Crippen LogP contribution in [0.1, 0.15) is 31.2 Å². The van der Waals surface area contributed by atoms with Gasteiger partial charge in [-0.15, -0.1) is 0 Å². The Hall–Kier alpha value is -1.38. The van der Waals surface area contributed by atoms with Crippen LogP contribution in [-0.2, 0) is 10.2 Å². The molecule has 0 radical (unpaired) electrons. The van der Waals surface area contributed by atoms with Crippen molar-refractivity contribution in [3.05, 3.63) is 35.6 Å². The highest BCUT2D eigenvalue weighted by atomic mass is 19.1. The summed E-state index contributed by atoms with van der Waals surface area (Å²) < 4.78 is 13.8. The van der Waals surface area contributed by atoms with E-state index in [-0.39, 0.29) is 11.7 Å². The van der Waals surface area contributed by atoms with E-state index in [1.807, 2.05) is 11.0 Å². The van der Waals surface area contributed by atoms with Crippen molar-refractivity contribution in [1.82, 2.24) is 4.90 Å². The van der Waals surface area contributed by atoms with E-state index in [9.17, 15) is 9.18 Å². The molecule has 1 aliphatic carbocycles. The minimum absolute atomic E-state index is 0.139. The number of hydrogen-bond donors (Lipinski definition) is 0. The first-order chi connectivity index (χ1) is 8.24. The Labute approximate surface area is 100 Å². The van der Waals surface area contributed by atoms with Gasteiger partial charge >= 0.3 is 0 Å². The molecule has 0 unspecified atom stereocenters. The monoisotopic (exact) mass is 233 g/mol. The molecule has 0 bridgehead atoms. The molecular formula is C14H16FNO. The first-order valence-corrected chi connectivity index (χ1v) is 6.28. The van der Waals surface area contributed by atoms with Crippen molar-refractivity contribution in [1.29, 1.82) is 0 Å². The van der Waals surface area contributed by atoms with Gasteiger partial charge in [0, 0.05) is 18.7 Å². The Bertz CT molecular complexity index is 447. The molecule has 0 atom stereocenters. The van der Waals surface area contributed by atoms with E-state index in [1.54, 1.807) is 12.1 Å². The molecule has 1 aromatic carbocycles. The molecule has 1 aliphatic heterocycles. The molecule has 2 aliphatic rings. The molecule has 2 nitrogen and oxygen atoms in total. The van der Waals surface area contributed by atoms with Gasteiger partial charge in [0.15, 0.2) is 0 Å². The van der Waals surface area contributed by atoms with E-state index >= 15 is 0 Å². The van der Waals surface area contributed by atoms with Crippen molar-refractivity contribution in [3.63, 3.8) is 0 Å². The summed E-state index contributed by atoms with van der Waals surface area (Å²) in [5.74, 6) is -0.0994. The largest absolute Gasteiger partial charge is 0.342 e. The van der Waals surface area contributed by atoms with Gasteiger partial charge in [0.2, 0.25) is 5.91 Å². The lowest BCUT2D eigenvalue weighted by molar-refractivity contribution is -0.132. The highest BCUT2D eigenvalue weighted by Gasteiger charge is 2.54. The van der Waals surface area contributed by atoms with Gasteiger partial charge in [-0.1, -0.05) is 18.2 Å². The van der Waals surface area contributed by atoms with Crippen LogP contribution in [0.25, 0.3) is 0 Å². The van der Waals surface area contributed by atoms with Crippen molar-refractivity contribution < 1.29 is 9.18 Å². The average Bonchev–Trinajstić information content (AvgIpc) is 2.96. The van der Waals surface area contributed by atoms with Gasteiger partial charge in [0.25, 0.3) is 0 Å². The highest BCUT2D eigenvalue weighted by molar-refractivity contribution is 5.91. The van der Waals surface area contributed by atoms with Crippen LogP contribution in [0.2, 0.25) is 0 Å². The summed E-state index contributed by atoms with van der Waals surface area (Å²) in [4.78, 5) is 14.3. The third-order valence-electron chi connectivity index (χ3n) is 3.94. The third kappa shape index (κ3) is 1.65. The summed E-state index contributed by atoms with van der Waals surface area (Å²) in [6.45, 7) is 1.68.